The average molecular weight is 375 g/mol. The number of rotatable bonds is 4. The fraction of sp³-hybridized carbons (Fsp3) is 0.182. The lowest BCUT2D eigenvalue weighted by Crippen LogP contribution is -2.19. The summed E-state index contributed by atoms with van der Waals surface area (Å²) in [6.07, 6.45) is 2.80. The lowest BCUT2D eigenvalue weighted by molar-refractivity contribution is 0.286. The Morgan fingerprint density at radius 2 is 1.85 bits per heavy atom. The van der Waals surface area contributed by atoms with E-state index in [-0.39, 0.29) is 5.82 Å². The van der Waals surface area contributed by atoms with E-state index in [9.17, 15) is 4.39 Å². The monoisotopic (exact) mass is 375 g/mol. The normalized spacial score (nSPS) is 14.0. The lowest BCUT2D eigenvalue weighted by atomic mass is 10.0. The first-order chi connectivity index (χ1) is 13.3. The van der Waals surface area contributed by atoms with Gasteiger partial charge in [-0.1, -0.05) is 24.3 Å². The molecular weight excluding hydrogens is 357 g/mol. The van der Waals surface area contributed by atoms with Crippen molar-refractivity contribution in [3.8, 4) is 11.1 Å². The number of pyridine rings is 1. The number of fused-ring (bicyclic) bond motifs is 2. The maximum absolute atomic E-state index is 13.3. The van der Waals surface area contributed by atoms with Crippen molar-refractivity contribution in [2.75, 3.05) is 6.54 Å². The zero-order valence-corrected chi connectivity index (χ0v) is 15.5. The number of hydrogen-bond donors (Lipinski definition) is 0. The molecule has 0 radical (unpaired) electrons. The van der Waals surface area contributed by atoms with Crippen LogP contribution in [0.15, 0.2) is 60.8 Å². The van der Waals surface area contributed by atoms with E-state index in [1.54, 1.807) is 11.3 Å². The van der Waals surface area contributed by atoms with Gasteiger partial charge in [-0.05, 0) is 47.0 Å². The van der Waals surface area contributed by atoms with E-state index in [0.717, 1.165) is 48.4 Å². The lowest BCUT2D eigenvalue weighted by Gasteiger charge is -2.13. The topological polar surface area (TPSA) is 29.0 Å². The summed E-state index contributed by atoms with van der Waals surface area (Å²) in [5.41, 5.74) is 5.67. The Morgan fingerprint density at radius 1 is 1.00 bits per heavy atom. The molecule has 0 aliphatic carbocycles. The number of para-hydroxylation sites is 1. The fourth-order valence-electron chi connectivity index (χ4n) is 3.68. The Labute approximate surface area is 161 Å². The molecule has 0 atom stereocenters. The molecule has 0 fully saturated rings. The van der Waals surface area contributed by atoms with E-state index in [2.05, 4.69) is 28.1 Å². The number of aromatic nitrogens is 2. The molecule has 134 valence electrons. The number of halogens is 1. The summed E-state index contributed by atoms with van der Waals surface area (Å²) in [7, 11) is 0. The van der Waals surface area contributed by atoms with E-state index < -0.39 is 0 Å². The zero-order valence-electron chi connectivity index (χ0n) is 14.7. The van der Waals surface area contributed by atoms with Crippen molar-refractivity contribution < 1.29 is 4.39 Å². The zero-order chi connectivity index (χ0) is 18.2. The number of thiazole rings is 1. The molecular formula is C22H18FN3S. The van der Waals surface area contributed by atoms with E-state index >= 15 is 0 Å². The SMILES string of the molecule is Fc1ccc(-c2ccnc3c2CN(CCc2nc4ccccc4s2)C3)cc1. The molecule has 5 heteroatoms. The fourth-order valence-corrected chi connectivity index (χ4v) is 4.63. The molecule has 0 unspecified atom stereocenters. The second-order valence-electron chi connectivity index (χ2n) is 6.83. The second kappa shape index (κ2) is 6.83. The molecule has 0 saturated carbocycles. The number of benzene rings is 2. The van der Waals surface area contributed by atoms with Gasteiger partial charge in [-0.3, -0.25) is 9.88 Å². The quantitative estimate of drug-likeness (QED) is 0.499. The van der Waals surface area contributed by atoms with Gasteiger partial charge >= 0.3 is 0 Å². The van der Waals surface area contributed by atoms with Crippen molar-refractivity contribution in [1.82, 2.24) is 14.9 Å². The molecule has 27 heavy (non-hydrogen) atoms. The Kier molecular flexibility index (Phi) is 4.19. The molecule has 3 nitrogen and oxygen atoms in total. The van der Waals surface area contributed by atoms with Crippen LogP contribution in [0.2, 0.25) is 0 Å². The molecule has 0 amide bonds. The van der Waals surface area contributed by atoms with Crippen LogP contribution >= 0.6 is 11.3 Å². The molecule has 2 aromatic heterocycles. The van der Waals surface area contributed by atoms with Gasteiger partial charge in [0.1, 0.15) is 5.82 Å². The molecule has 0 saturated heterocycles. The van der Waals surface area contributed by atoms with Crippen LogP contribution in [0.3, 0.4) is 0 Å². The Balaban J connectivity index is 1.33. The van der Waals surface area contributed by atoms with Gasteiger partial charge in [0.25, 0.3) is 0 Å². The average Bonchev–Trinajstić information content (AvgIpc) is 3.30. The van der Waals surface area contributed by atoms with Crippen LogP contribution in [-0.2, 0) is 19.5 Å². The molecule has 0 bridgehead atoms. The van der Waals surface area contributed by atoms with Crippen molar-refractivity contribution in [2.24, 2.45) is 0 Å². The molecule has 0 N–H and O–H groups in total. The highest BCUT2D eigenvalue weighted by molar-refractivity contribution is 7.18. The Bertz CT molecular complexity index is 1070. The summed E-state index contributed by atoms with van der Waals surface area (Å²) in [5.74, 6) is -0.207. The molecule has 4 aromatic rings. The van der Waals surface area contributed by atoms with Crippen LogP contribution in [0, 0.1) is 5.82 Å². The van der Waals surface area contributed by atoms with Crippen molar-refractivity contribution in [2.45, 2.75) is 19.5 Å². The van der Waals surface area contributed by atoms with Gasteiger partial charge in [-0.15, -0.1) is 11.3 Å². The van der Waals surface area contributed by atoms with Gasteiger partial charge < -0.3 is 0 Å². The summed E-state index contributed by atoms with van der Waals surface area (Å²) < 4.78 is 14.5. The van der Waals surface area contributed by atoms with E-state index in [1.165, 1.54) is 27.4 Å². The van der Waals surface area contributed by atoms with E-state index in [4.69, 9.17) is 4.98 Å². The van der Waals surface area contributed by atoms with Crippen LogP contribution in [0.25, 0.3) is 21.3 Å². The summed E-state index contributed by atoms with van der Waals surface area (Å²) in [4.78, 5) is 11.7. The minimum atomic E-state index is -0.207. The van der Waals surface area contributed by atoms with Gasteiger partial charge in [-0.2, -0.15) is 0 Å². The highest BCUT2D eigenvalue weighted by Crippen LogP contribution is 2.32. The predicted octanol–water partition coefficient (Wildman–Crippen LogP) is 5.06. The van der Waals surface area contributed by atoms with Gasteiger partial charge in [0.2, 0.25) is 0 Å². The van der Waals surface area contributed by atoms with Gasteiger partial charge in [0.05, 0.1) is 20.9 Å². The van der Waals surface area contributed by atoms with Crippen molar-refractivity contribution in [3.63, 3.8) is 0 Å². The van der Waals surface area contributed by atoms with Crippen LogP contribution in [-0.4, -0.2) is 21.4 Å². The van der Waals surface area contributed by atoms with Crippen LogP contribution in [0.5, 0.6) is 0 Å². The minimum absolute atomic E-state index is 0.207. The molecule has 1 aliphatic heterocycles. The van der Waals surface area contributed by atoms with Crippen molar-refractivity contribution >= 4 is 21.6 Å². The second-order valence-corrected chi connectivity index (χ2v) is 7.94. The first-order valence-electron chi connectivity index (χ1n) is 9.06. The standard InChI is InChI=1S/C22H18FN3S/c23-16-7-5-15(6-8-16)17-9-11-24-20-14-26(13-18(17)20)12-10-22-25-19-3-1-2-4-21(19)27-22/h1-9,11H,10,12-14H2. The highest BCUT2D eigenvalue weighted by Gasteiger charge is 2.23. The summed E-state index contributed by atoms with van der Waals surface area (Å²) in [6, 6.07) is 17.0. The van der Waals surface area contributed by atoms with E-state index in [0.29, 0.717) is 0 Å². The van der Waals surface area contributed by atoms with Crippen molar-refractivity contribution in [3.05, 3.63) is 82.9 Å². The number of hydrogen-bond acceptors (Lipinski definition) is 4. The van der Waals surface area contributed by atoms with Crippen LogP contribution in [0.1, 0.15) is 16.3 Å². The first-order valence-corrected chi connectivity index (χ1v) is 9.87. The molecule has 5 rings (SSSR count). The number of nitrogens with zero attached hydrogens (tertiary/aromatic N) is 3. The molecule has 3 heterocycles. The van der Waals surface area contributed by atoms with Gasteiger partial charge in [0.15, 0.2) is 0 Å². The molecule has 1 aliphatic rings. The van der Waals surface area contributed by atoms with Gasteiger partial charge in [0, 0.05) is 32.3 Å². The van der Waals surface area contributed by atoms with Gasteiger partial charge in [-0.25, -0.2) is 9.37 Å². The van der Waals surface area contributed by atoms with Crippen molar-refractivity contribution in [1.29, 1.82) is 0 Å². The summed E-state index contributed by atoms with van der Waals surface area (Å²) >= 11 is 1.78. The largest absolute Gasteiger partial charge is 0.293 e. The smallest absolute Gasteiger partial charge is 0.123 e. The predicted molar refractivity (Wildman–Crippen MR) is 107 cm³/mol. The Hall–Kier alpha value is -2.63. The highest BCUT2D eigenvalue weighted by atomic mass is 32.1. The molecule has 0 spiro atoms. The summed E-state index contributed by atoms with van der Waals surface area (Å²) in [5, 5.41) is 1.18. The molecule has 2 aromatic carbocycles. The van der Waals surface area contributed by atoms with Crippen LogP contribution < -0.4 is 0 Å². The maximum atomic E-state index is 13.3. The third-order valence-corrected chi connectivity index (χ3v) is 6.13. The summed E-state index contributed by atoms with van der Waals surface area (Å²) in [6.45, 7) is 2.69. The third-order valence-electron chi connectivity index (χ3n) is 5.04. The third kappa shape index (κ3) is 3.24. The van der Waals surface area contributed by atoms with E-state index in [1.807, 2.05) is 30.5 Å². The maximum Gasteiger partial charge on any atom is 0.123 e. The minimum Gasteiger partial charge on any atom is -0.293 e. The Morgan fingerprint density at radius 3 is 2.70 bits per heavy atom. The first kappa shape index (κ1) is 16.5. The van der Waals surface area contributed by atoms with Crippen LogP contribution in [0.4, 0.5) is 4.39 Å².